The number of carbonyl (C=O) groups excluding carboxylic acids is 1. The normalized spacial score (nSPS) is 18.0. The quantitative estimate of drug-likeness (QED) is 0.848. The summed E-state index contributed by atoms with van der Waals surface area (Å²) in [6.07, 6.45) is 3.31. The van der Waals surface area contributed by atoms with Gasteiger partial charge in [0.25, 0.3) is 11.5 Å². The lowest BCUT2D eigenvalue weighted by Crippen LogP contribution is -2.36. The molecule has 2 N–H and O–H groups in total. The Morgan fingerprint density at radius 1 is 1.52 bits per heavy atom. The second kappa shape index (κ2) is 5.53. The number of rotatable bonds is 3. The Balaban J connectivity index is 1.88. The first-order chi connectivity index (χ1) is 10.2. The highest BCUT2D eigenvalue weighted by Crippen LogP contribution is 2.13. The van der Waals surface area contributed by atoms with Crippen LogP contribution in [0.15, 0.2) is 29.2 Å². The van der Waals surface area contributed by atoms with Crippen molar-refractivity contribution < 1.29 is 14.6 Å². The van der Waals surface area contributed by atoms with Crippen LogP contribution in [0.25, 0.3) is 5.65 Å². The minimum Gasteiger partial charge on any atom is -0.493 e. The second-order valence-corrected chi connectivity index (χ2v) is 4.89. The van der Waals surface area contributed by atoms with Crippen LogP contribution in [0.5, 0.6) is 5.88 Å². The monoisotopic (exact) mass is 289 g/mol. The number of aromatic hydroxyl groups is 1. The number of hydrogen-bond donors (Lipinski definition) is 2. The van der Waals surface area contributed by atoms with E-state index >= 15 is 0 Å². The maximum atomic E-state index is 12.3. The van der Waals surface area contributed by atoms with Gasteiger partial charge in [0.1, 0.15) is 5.65 Å². The van der Waals surface area contributed by atoms with Crippen molar-refractivity contribution in [3.05, 3.63) is 40.3 Å². The van der Waals surface area contributed by atoms with Crippen LogP contribution in [0.3, 0.4) is 0 Å². The molecule has 1 unspecified atom stereocenters. The number of aromatic nitrogens is 2. The van der Waals surface area contributed by atoms with Crippen LogP contribution in [0.1, 0.15) is 23.2 Å². The number of hydrogen-bond acceptors (Lipinski definition) is 5. The number of fused-ring (bicyclic) bond motifs is 1. The molecule has 0 bridgehead atoms. The minimum absolute atomic E-state index is 0.0349. The van der Waals surface area contributed by atoms with Crippen LogP contribution in [-0.2, 0) is 4.74 Å². The van der Waals surface area contributed by atoms with Crippen LogP contribution in [0, 0.1) is 0 Å². The van der Waals surface area contributed by atoms with Crippen LogP contribution in [-0.4, -0.2) is 39.7 Å². The van der Waals surface area contributed by atoms with E-state index in [0.717, 1.165) is 12.8 Å². The maximum absolute atomic E-state index is 12.3. The van der Waals surface area contributed by atoms with Crippen molar-refractivity contribution in [3.8, 4) is 5.88 Å². The molecule has 0 aliphatic carbocycles. The maximum Gasteiger partial charge on any atom is 0.274 e. The second-order valence-electron chi connectivity index (χ2n) is 4.89. The molecule has 1 saturated heterocycles. The highest BCUT2D eigenvalue weighted by molar-refractivity contribution is 5.96. The number of pyridine rings is 1. The zero-order valence-electron chi connectivity index (χ0n) is 11.3. The SMILES string of the molecule is O=C(NCC1CCCO1)c1c(O)nc2ccccn2c1=O. The van der Waals surface area contributed by atoms with Crippen LogP contribution >= 0.6 is 0 Å². The first kappa shape index (κ1) is 13.6. The van der Waals surface area contributed by atoms with Gasteiger partial charge < -0.3 is 15.2 Å². The van der Waals surface area contributed by atoms with Gasteiger partial charge in [-0.2, -0.15) is 4.98 Å². The van der Waals surface area contributed by atoms with E-state index in [4.69, 9.17) is 4.74 Å². The average Bonchev–Trinajstić information content (AvgIpc) is 2.98. The van der Waals surface area contributed by atoms with Gasteiger partial charge in [-0.3, -0.25) is 14.0 Å². The van der Waals surface area contributed by atoms with E-state index in [1.54, 1.807) is 18.2 Å². The zero-order chi connectivity index (χ0) is 14.8. The standard InChI is InChI=1S/C14H15N3O4/c18-12(15-8-9-4-3-7-21-9)11-13(19)16-10-5-1-2-6-17(10)14(11)20/h1-2,5-6,9,19H,3-4,7-8H2,(H,15,18). The fourth-order valence-corrected chi connectivity index (χ4v) is 2.38. The van der Waals surface area contributed by atoms with Gasteiger partial charge in [0.2, 0.25) is 5.88 Å². The van der Waals surface area contributed by atoms with Crippen molar-refractivity contribution in [1.82, 2.24) is 14.7 Å². The third kappa shape index (κ3) is 2.59. The smallest absolute Gasteiger partial charge is 0.274 e. The molecule has 0 spiro atoms. The molecule has 1 amide bonds. The number of nitrogens with one attached hydrogen (secondary N) is 1. The molecule has 21 heavy (non-hydrogen) atoms. The van der Waals surface area contributed by atoms with Gasteiger partial charge >= 0.3 is 0 Å². The molecular weight excluding hydrogens is 274 g/mol. The summed E-state index contributed by atoms with van der Waals surface area (Å²) in [6, 6.07) is 4.93. The predicted molar refractivity (Wildman–Crippen MR) is 74.4 cm³/mol. The highest BCUT2D eigenvalue weighted by Gasteiger charge is 2.22. The summed E-state index contributed by atoms with van der Waals surface area (Å²) in [5, 5.41) is 12.4. The Morgan fingerprint density at radius 2 is 2.38 bits per heavy atom. The molecule has 1 atom stereocenters. The van der Waals surface area contributed by atoms with Gasteiger partial charge in [0.15, 0.2) is 5.56 Å². The molecule has 7 nitrogen and oxygen atoms in total. The van der Waals surface area contributed by atoms with Crippen molar-refractivity contribution in [2.75, 3.05) is 13.2 Å². The largest absolute Gasteiger partial charge is 0.493 e. The Labute approximate surface area is 120 Å². The summed E-state index contributed by atoms with van der Waals surface area (Å²) in [7, 11) is 0. The molecule has 7 heteroatoms. The number of carbonyl (C=O) groups is 1. The highest BCUT2D eigenvalue weighted by atomic mass is 16.5. The van der Waals surface area contributed by atoms with E-state index in [1.807, 2.05) is 0 Å². The lowest BCUT2D eigenvalue weighted by atomic mass is 10.2. The summed E-state index contributed by atoms with van der Waals surface area (Å²) in [5.41, 5.74) is -0.657. The first-order valence-electron chi connectivity index (χ1n) is 6.77. The average molecular weight is 289 g/mol. The van der Waals surface area contributed by atoms with Crippen molar-refractivity contribution in [3.63, 3.8) is 0 Å². The van der Waals surface area contributed by atoms with E-state index in [9.17, 15) is 14.7 Å². The molecule has 2 aromatic rings. The number of ether oxygens (including phenoxy) is 1. The molecule has 1 aliphatic rings. The molecule has 3 heterocycles. The number of nitrogens with zero attached hydrogens (tertiary/aromatic N) is 2. The molecule has 0 radical (unpaired) electrons. The van der Waals surface area contributed by atoms with Gasteiger partial charge in [-0.1, -0.05) is 6.07 Å². The summed E-state index contributed by atoms with van der Waals surface area (Å²) >= 11 is 0. The molecule has 0 aromatic carbocycles. The first-order valence-corrected chi connectivity index (χ1v) is 6.77. The van der Waals surface area contributed by atoms with Crippen molar-refractivity contribution in [2.45, 2.75) is 18.9 Å². The van der Waals surface area contributed by atoms with Crippen LogP contribution in [0.4, 0.5) is 0 Å². The predicted octanol–water partition coefficient (Wildman–Crippen LogP) is 0.309. The minimum atomic E-state index is -0.640. The van der Waals surface area contributed by atoms with E-state index in [1.165, 1.54) is 10.6 Å². The van der Waals surface area contributed by atoms with Gasteiger partial charge in [-0.05, 0) is 25.0 Å². The Hall–Kier alpha value is -2.41. The summed E-state index contributed by atoms with van der Waals surface area (Å²) in [5.74, 6) is -1.20. The van der Waals surface area contributed by atoms with Gasteiger partial charge in [-0.25, -0.2) is 0 Å². The Kier molecular flexibility index (Phi) is 3.57. The molecule has 0 saturated carbocycles. The molecular formula is C14H15N3O4. The van der Waals surface area contributed by atoms with Gasteiger partial charge in [0, 0.05) is 19.3 Å². The van der Waals surface area contributed by atoms with Crippen molar-refractivity contribution >= 4 is 11.6 Å². The third-order valence-corrected chi connectivity index (χ3v) is 3.46. The lowest BCUT2D eigenvalue weighted by Gasteiger charge is -2.11. The molecule has 1 fully saturated rings. The fourth-order valence-electron chi connectivity index (χ4n) is 2.38. The molecule has 2 aromatic heterocycles. The molecule has 3 rings (SSSR count). The van der Waals surface area contributed by atoms with Gasteiger partial charge in [0.05, 0.1) is 6.10 Å². The summed E-state index contributed by atoms with van der Waals surface area (Å²) in [4.78, 5) is 28.2. The zero-order valence-corrected chi connectivity index (χ0v) is 11.3. The van der Waals surface area contributed by atoms with E-state index in [2.05, 4.69) is 10.3 Å². The van der Waals surface area contributed by atoms with E-state index in [0.29, 0.717) is 13.2 Å². The van der Waals surface area contributed by atoms with E-state index in [-0.39, 0.29) is 17.3 Å². The number of amides is 1. The summed E-state index contributed by atoms with van der Waals surface area (Å²) in [6.45, 7) is 1.00. The molecule has 110 valence electrons. The Bertz CT molecular complexity index is 735. The van der Waals surface area contributed by atoms with Crippen molar-refractivity contribution in [2.24, 2.45) is 0 Å². The van der Waals surface area contributed by atoms with Crippen LogP contribution < -0.4 is 10.9 Å². The Morgan fingerprint density at radius 3 is 3.14 bits per heavy atom. The lowest BCUT2D eigenvalue weighted by molar-refractivity contribution is 0.0853. The van der Waals surface area contributed by atoms with Crippen molar-refractivity contribution in [1.29, 1.82) is 0 Å². The summed E-state index contributed by atoms with van der Waals surface area (Å²) < 4.78 is 6.62. The van der Waals surface area contributed by atoms with E-state index < -0.39 is 17.3 Å². The third-order valence-electron chi connectivity index (χ3n) is 3.46. The topological polar surface area (TPSA) is 92.9 Å². The van der Waals surface area contributed by atoms with Crippen LogP contribution in [0.2, 0.25) is 0 Å². The molecule has 1 aliphatic heterocycles. The van der Waals surface area contributed by atoms with Gasteiger partial charge in [-0.15, -0.1) is 0 Å². The fraction of sp³-hybridized carbons (Fsp3) is 0.357.